The van der Waals surface area contributed by atoms with Gasteiger partial charge in [0.05, 0.1) is 0 Å². The monoisotopic (exact) mass is 292 g/mol. The van der Waals surface area contributed by atoms with Crippen LogP contribution in [0.1, 0.15) is 0 Å². The zero-order chi connectivity index (χ0) is 8.55. The van der Waals surface area contributed by atoms with Gasteiger partial charge in [-0.3, -0.25) is 0 Å². The number of thiophene rings is 1. The van der Waals surface area contributed by atoms with Gasteiger partial charge in [-0.25, -0.2) is 0 Å². The first-order valence-corrected chi connectivity index (χ1v) is 13.3. The Morgan fingerprint density at radius 2 is 2.08 bits per heavy atom. The van der Waals surface area contributed by atoms with Crippen LogP contribution in [-0.4, -0.2) is 33.0 Å². The molecule has 0 saturated heterocycles. The molecule has 0 radical (unpaired) electrons. The molecule has 12 heavy (non-hydrogen) atoms. The third-order valence-electron chi connectivity index (χ3n) is 1.85. The van der Waals surface area contributed by atoms with Gasteiger partial charge in [0, 0.05) is 0 Å². The minimum atomic E-state index is -1.38. The van der Waals surface area contributed by atoms with Crippen LogP contribution >= 0.6 is 11.3 Å². The summed E-state index contributed by atoms with van der Waals surface area (Å²) in [6.45, 7) is 1.42. The minimum absolute atomic E-state index is 0.705. The first kappa shape index (κ1) is 8.69. The zero-order valence-corrected chi connectivity index (χ0v) is 11.4. The SMILES string of the molecule is [CH3][SnH]([CH3])[c]1scc2c1OCCO2. The second kappa shape index (κ2) is 3.46. The number of ether oxygens (including phenoxy) is 2. The molecule has 0 N–H and O–H groups in total. The summed E-state index contributed by atoms with van der Waals surface area (Å²) in [5, 5.41) is 2.08. The van der Waals surface area contributed by atoms with E-state index in [1.807, 2.05) is 11.3 Å². The van der Waals surface area contributed by atoms with Crippen LogP contribution in [0.4, 0.5) is 0 Å². The fraction of sp³-hybridized carbons (Fsp3) is 0.500. The van der Waals surface area contributed by atoms with Crippen LogP contribution < -0.4 is 12.4 Å². The molecule has 0 amide bonds. The van der Waals surface area contributed by atoms with Crippen molar-refractivity contribution in [1.29, 1.82) is 0 Å². The van der Waals surface area contributed by atoms with E-state index in [0.29, 0.717) is 6.61 Å². The van der Waals surface area contributed by atoms with Gasteiger partial charge < -0.3 is 0 Å². The maximum absolute atomic E-state index is 5.59. The van der Waals surface area contributed by atoms with Crippen LogP contribution in [0.2, 0.25) is 9.88 Å². The Balaban J connectivity index is 2.38. The Labute approximate surface area is 83.2 Å². The first-order valence-electron chi connectivity index (χ1n) is 4.16. The second-order valence-electron chi connectivity index (χ2n) is 3.14. The molecule has 2 heterocycles. The number of rotatable bonds is 1. The molecule has 0 fully saturated rings. The predicted octanol–water partition coefficient (Wildman–Crippen LogP) is 1.21. The normalized spacial score (nSPS) is 15.2. The van der Waals surface area contributed by atoms with Crippen LogP contribution in [0.25, 0.3) is 0 Å². The summed E-state index contributed by atoms with van der Waals surface area (Å²) in [7, 11) is 0. The molecule has 0 atom stereocenters. The molecule has 1 aliphatic rings. The summed E-state index contributed by atoms with van der Waals surface area (Å²) < 4.78 is 12.6. The van der Waals surface area contributed by atoms with E-state index < -0.39 is 19.8 Å². The van der Waals surface area contributed by atoms with Crippen molar-refractivity contribution in [3.05, 3.63) is 5.38 Å². The van der Waals surface area contributed by atoms with Gasteiger partial charge in [-0.05, 0) is 0 Å². The van der Waals surface area contributed by atoms with Gasteiger partial charge in [-0.15, -0.1) is 0 Å². The standard InChI is InChI=1S/C6H5O2S.2CH3.Sn.H/c1-2-8-6-4-9-3-5(6)7-1;;;;/h3H,1-2H2;2*1H3;;. The molecular weight excluding hydrogens is 279 g/mol. The summed E-state index contributed by atoms with van der Waals surface area (Å²) in [6, 6.07) is 0. The number of hydrogen-bond acceptors (Lipinski definition) is 3. The van der Waals surface area contributed by atoms with Gasteiger partial charge in [0.1, 0.15) is 0 Å². The van der Waals surface area contributed by atoms with E-state index >= 15 is 0 Å². The van der Waals surface area contributed by atoms with E-state index in [2.05, 4.69) is 15.3 Å². The van der Waals surface area contributed by atoms with Crippen molar-refractivity contribution in [1.82, 2.24) is 0 Å². The number of hydrogen-bond donors (Lipinski definition) is 0. The Hall–Kier alpha value is 0.0987. The van der Waals surface area contributed by atoms with Crippen LogP contribution in [0, 0.1) is 0 Å². The number of fused-ring (bicyclic) bond motifs is 1. The molecule has 66 valence electrons. The quantitative estimate of drug-likeness (QED) is 0.724. The van der Waals surface area contributed by atoms with Crippen LogP contribution in [-0.2, 0) is 0 Å². The summed E-state index contributed by atoms with van der Waals surface area (Å²) in [4.78, 5) is 4.76. The first-order chi connectivity index (χ1) is 5.79. The topological polar surface area (TPSA) is 18.5 Å². The summed E-state index contributed by atoms with van der Waals surface area (Å²) >= 11 is 0.440. The van der Waals surface area contributed by atoms with Gasteiger partial charge in [0.15, 0.2) is 0 Å². The Kier molecular flexibility index (Phi) is 2.50. The fourth-order valence-corrected chi connectivity index (χ4v) is 7.28. The molecule has 0 bridgehead atoms. The maximum atomic E-state index is 5.59. The average Bonchev–Trinajstić information content (AvgIpc) is 2.47. The van der Waals surface area contributed by atoms with E-state index in [9.17, 15) is 0 Å². The van der Waals surface area contributed by atoms with E-state index in [4.69, 9.17) is 9.47 Å². The molecule has 0 aromatic carbocycles. The molecule has 0 unspecified atom stereocenters. The molecule has 1 aromatic rings. The molecule has 4 heteroatoms. The zero-order valence-electron chi connectivity index (χ0n) is 7.29. The molecule has 1 aliphatic heterocycles. The molecule has 0 spiro atoms. The van der Waals surface area contributed by atoms with Crippen molar-refractivity contribution in [3.63, 3.8) is 0 Å². The van der Waals surface area contributed by atoms with Gasteiger partial charge in [0.25, 0.3) is 0 Å². The van der Waals surface area contributed by atoms with Gasteiger partial charge in [-0.1, -0.05) is 0 Å². The van der Waals surface area contributed by atoms with Crippen LogP contribution in [0.15, 0.2) is 5.38 Å². The van der Waals surface area contributed by atoms with E-state index in [-0.39, 0.29) is 0 Å². The molecule has 0 aliphatic carbocycles. The summed E-state index contributed by atoms with van der Waals surface area (Å²) in [6.07, 6.45) is 0. The fourth-order valence-electron chi connectivity index (χ4n) is 1.28. The predicted molar refractivity (Wildman–Crippen MR) is 53.8 cm³/mol. The summed E-state index contributed by atoms with van der Waals surface area (Å²) in [5.74, 6) is 2.05. The van der Waals surface area contributed by atoms with E-state index in [1.54, 1.807) is 0 Å². The van der Waals surface area contributed by atoms with Crippen molar-refractivity contribution in [2.24, 2.45) is 0 Å². The molecule has 1 aromatic heterocycles. The van der Waals surface area contributed by atoms with Gasteiger partial charge >= 0.3 is 83.4 Å². The van der Waals surface area contributed by atoms with E-state index in [1.165, 1.54) is 2.89 Å². The van der Waals surface area contributed by atoms with Crippen molar-refractivity contribution in [3.8, 4) is 11.5 Å². The average molecular weight is 291 g/mol. The molecular formula is C8H12O2SSn. The molecule has 0 saturated carbocycles. The summed E-state index contributed by atoms with van der Waals surface area (Å²) in [5.41, 5.74) is 0. The van der Waals surface area contributed by atoms with Crippen molar-refractivity contribution in [2.75, 3.05) is 13.2 Å². The Morgan fingerprint density at radius 1 is 1.33 bits per heavy atom. The molecule has 2 rings (SSSR count). The van der Waals surface area contributed by atoms with Crippen molar-refractivity contribution >= 4 is 34.0 Å². The Bertz CT molecular complexity index is 283. The second-order valence-corrected chi connectivity index (χ2v) is 13.5. The molecule has 2 nitrogen and oxygen atoms in total. The van der Waals surface area contributed by atoms with Crippen molar-refractivity contribution in [2.45, 2.75) is 9.88 Å². The van der Waals surface area contributed by atoms with Crippen LogP contribution in [0.3, 0.4) is 0 Å². The van der Waals surface area contributed by atoms with E-state index in [0.717, 1.165) is 18.1 Å². The van der Waals surface area contributed by atoms with Gasteiger partial charge in [0.2, 0.25) is 0 Å². The third kappa shape index (κ3) is 1.44. The van der Waals surface area contributed by atoms with Crippen molar-refractivity contribution < 1.29 is 9.47 Å². The van der Waals surface area contributed by atoms with Crippen LogP contribution in [0.5, 0.6) is 11.5 Å². The Morgan fingerprint density at radius 3 is 2.83 bits per heavy atom. The van der Waals surface area contributed by atoms with Gasteiger partial charge in [-0.2, -0.15) is 0 Å². The third-order valence-corrected chi connectivity index (χ3v) is 10.7.